The summed E-state index contributed by atoms with van der Waals surface area (Å²) < 4.78 is 5.15. The average Bonchev–Trinajstić information content (AvgIpc) is 2.04. The van der Waals surface area contributed by atoms with E-state index in [0.717, 1.165) is 0 Å². The molecule has 1 heterocycles. The Hall–Kier alpha value is -1.17. The molecule has 0 atom stereocenters. The third kappa shape index (κ3) is 1.70. The summed E-state index contributed by atoms with van der Waals surface area (Å²) in [4.78, 5) is 13.7. The molecule has 0 unspecified atom stereocenters. The van der Waals surface area contributed by atoms with E-state index in [1.54, 1.807) is 0 Å². The Morgan fingerprint density at radius 1 is 1.75 bits per heavy atom. The standard InChI is InChI=1S/C6H5BrN2O3/c1-12-5-3-8-6(7)2-4(5)9(10)11/h2-3H,1H3. The van der Waals surface area contributed by atoms with E-state index in [9.17, 15) is 10.1 Å². The number of methoxy groups -OCH3 is 1. The third-order valence-corrected chi connectivity index (χ3v) is 1.66. The van der Waals surface area contributed by atoms with Crippen LogP contribution in [0.15, 0.2) is 16.9 Å². The van der Waals surface area contributed by atoms with Crippen molar-refractivity contribution >= 4 is 21.6 Å². The van der Waals surface area contributed by atoms with Crippen molar-refractivity contribution in [3.63, 3.8) is 0 Å². The molecular weight excluding hydrogens is 228 g/mol. The van der Waals surface area contributed by atoms with Gasteiger partial charge in [0.25, 0.3) is 0 Å². The molecule has 0 fully saturated rings. The van der Waals surface area contributed by atoms with Crippen LogP contribution < -0.4 is 4.74 Å². The molecule has 0 bridgehead atoms. The number of nitrogens with zero attached hydrogens (tertiary/aromatic N) is 2. The molecule has 0 N–H and O–H groups in total. The molecular formula is C6H5BrN2O3. The zero-order chi connectivity index (χ0) is 9.14. The van der Waals surface area contributed by atoms with E-state index in [1.165, 1.54) is 19.4 Å². The van der Waals surface area contributed by atoms with Gasteiger partial charge < -0.3 is 4.74 Å². The van der Waals surface area contributed by atoms with Crippen molar-refractivity contribution in [3.05, 3.63) is 27.0 Å². The number of rotatable bonds is 2. The maximum Gasteiger partial charge on any atom is 0.315 e. The molecule has 6 heteroatoms. The lowest BCUT2D eigenvalue weighted by Gasteiger charge is -1.99. The van der Waals surface area contributed by atoms with Crippen molar-refractivity contribution in [2.45, 2.75) is 0 Å². The molecule has 0 saturated heterocycles. The van der Waals surface area contributed by atoms with Crippen molar-refractivity contribution in [2.24, 2.45) is 0 Å². The van der Waals surface area contributed by atoms with Gasteiger partial charge in [0, 0.05) is 0 Å². The second-order valence-electron chi connectivity index (χ2n) is 1.94. The number of hydrogen-bond acceptors (Lipinski definition) is 4. The van der Waals surface area contributed by atoms with E-state index in [-0.39, 0.29) is 11.4 Å². The Morgan fingerprint density at radius 3 is 2.92 bits per heavy atom. The molecule has 0 amide bonds. The fraction of sp³-hybridized carbons (Fsp3) is 0.167. The van der Waals surface area contributed by atoms with Gasteiger partial charge in [-0.25, -0.2) is 4.98 Å². The molecule has 12 heavy (non-hydrogen) atoms. The van der Waals surface area contributed by atoms with E-state index in [4.69, 9.17) is 4.74 Å². The van der Waals surface area contributed by atoms with Crippen molar-refractivity contribution in [1.29, 1.82) is 0 Å². The molecule has 5 nitrogen and oxygen atoms in total. The van der Waals surface area contributed by atoms with Gasteiger partial charge in [0.1, 0.15) is 4.60 Å². The fourth-order valence-corrected chi connectivity index (χ4v) is 1.03. The first kappa shape index (κ1) is 8.92. The van der Waals surface area contributed by atoms with E-state index in [0.29, 0.717) is 4.60 Å². The van der Waals surface area contributed by atoms with E-state index in [2.05, 4.69) is 20.9 Å². The number of ether oxygens (including phenoxy) is 1. The SMILES string of the molecule is COc1cnc(Br)cc1[N+](=O)[O-]. The maximum atomic E-state index is 10.4. The summed E-state index contributed by atoms with van der Waals surface area (Å²) in [5.74, 6) is 0.156. The smallest absolute Gasteiger partial charge is 0.315 e. The predicted octanol–water partition coefficient (Wildman–Crippen LogP) is 1.76. The Balaban J connectivity index is 3.21. The Kier molecular flexibility index (Phi) is 2.59. The average molecular weight is 233 g/mol. The van der Waals surface area contributed by atoms with Gasteiger partial charge in [-0.15, -0.1) is 0 Å². The highest BCUT2D eigenvalue weighted by Crippen LogP contribution is 2.27. The second kappa shape index (κ2) is 3.48. The number of hydrogen-bond donors (Lipinski definition) is 0. The molecule has 0 aliphatic heterocycles. The minimum atomic E-state index is -0.523. The van der Waals surface area contributed by atoms with Crippen LogP contribution in [0.2, 0.25) is 0 Å². The minimum absolute atomic E-state index is 0.0978. The topological polar surface area (TPSA) is 65.3 Å². The van der Waals surface area contributed by atoms with Gasteiger partial charge in [0.05, 0.1) is 24.3 Å². The van der Waals surface area contributed by atoms with Crippen LogP contribution in [0.4, 0.5) is 5.69 Å². The number of nitro groups is 1. The molecule has 0 aliphatic rings. The molecule has 64 valence electrons. The van der Waals surface area contributed by atoms with E-state index in [1.807, 2.05) is 0 Å². The summed E-state index contributed by atoms with van der Waals surface area (Å²) in [5.41, 5.74) is -0.0978. The van der Waals surface area contributed by atoms with Crippen LogP contribution in [0.3, 0.4) is 0 Å². The first-order valence-electron chi connectivity index (χ1n) is 2.99. The Bertz CT molecular complexity index is 316. The monoisotopic (exact) mass is 232 g/mol. The van der Waals surface area contributed by atoms with Crippen molar-refractivity contribution in [1.82, 2.24) is 4.98 Å². The van der Waals surface area contributed by atoms with Crippen LogP contribution in [0, 0.1) is 10.1 Å². The summed E-state index contributed by atoms with van der Waals surface area (Å²) in [6.45, 7) is 0. The highest BCUT2D eigenvalue weighted by molar-refractivity contribution is 9.10. The van der Waals surface area contributed by atoms with Gasteiger partial charge in [0.15, 0.2) is 0 Å². The Morgan fingerprint density at radius 2 is 2.42 bits per heavy atom. The van der Waals surface area contributed by atoms with Gasteiger partial charge in [0.2, 0.25) is 5.75 Å². The van der Waals surface area contributed by atoms with Crippen LogP contribution in [0.5, 0.6) is 5.75 Å². The molecule has 0 radical (unpaired) electrons. The summed E-state index contributed by atoms with van der Waals surface area (Å²) in [6, 6.07) is 1.29. The van der Waals surface area contributed by atoms with Crippen molar-refractivity contribution in [2.75, 3.05) is 7.11 Å². The fourth-order valence-electron chi connectivity index (χ4n) is 0.708. The van der Waals surface area contributed by atoms with Crippen molar-refractivity contribution < 1.29 is 9.66 Å². The molecule has 1 aromatic rings. The molecule has 1 aromatic heterocycles. The second-order valence-corrected chi connectivity index (χ2v) is 2.75. The molecule has 0 saturated carbocycles. The van der Waals surface area contributed by atoms with Crippen LogP contribution in [0.25, 0.3) is 0 Å². The predicted molar refractivity (Wildman–Crippen MR) is 45.1 cm³/mol. The lowest BCUT2D eigenvalue weighted by atomic mass is 10.4. The molecule has 0 spiro atoms. The highest BCUT2D eigenvalue weighted by atomic mass is 79.9. The van der Waals surface area contributed by atoms with Gasteiger partial charge >= 0.3 is 5.69 Å². The number of pyridine rings is 1. The van der Waals surface area contributed by atoms with Crippen LogP contribution in [-0.4, -0.2) is 17.0 Å². The molecule has 0 aliphatic carbocycles. The maximum absolute atomic E-state index is 10.4. The van der Waals surface area contributed by atoms with Gasteiger partial charge in [-0.3, -0.25) is 10.1 Å². The lowest BCUT2D eigenvalue weighted by molar-refractivity contribution is -0.385. The summed E-state index contributed by atoms with van der Waals surface area (Å²) in [7, 11) is 1.36. The molecule has 1 rings (SSSR count). The van der Waals surface area contributed by atoms with Crippen molar-refractivity contribution in [3.8, 4) is 5.75 Å². The van der Waals surface area contributed by atoms with Crippen LogP contribution in [0.1, 0.15) is 0 Å². The van der Waals surface area contributed by atoms with E-state index < -0.39 is 4.92 Å². The normalized spacial score (nSPS) is 9.50. The number of aromatic nitrogens is 1. The summed E-state index contributed by atoms with van der Waals surface area (Å²) in [6.07, 6.45) is 1.29. The van der Waals surface area contributed by atoms with Crippen LogP contribution in [-0.2, 0) is 0 Å². The first-order chi connectivity index (χ1) is 5.65. The van der Waals surface area contributed by atoms with Crippen LogP contribution >= 0.6 is 15.9 Å². The molecule has 0 aromatic carbocycles. The minimum Gasteiger partial charge on any atom is -0.489 e. The lowest BCUT2D eigenvalue weighted by Crippen LogP contribution is -1.94. The summed E-state index contributed by atoms with van der Waals surface area (Å²) in [5, 5.41) is 10.4. The number of halogens is 1. The summed E-state index contributed by atoms with van der Waals surface area (Å²) >= 11 is 3.02. The van der Waals surface area contributed by atoms with Gasteiger partial charge in [-0.2, -0.15) is 0 Å². The largest absolute Gasteiger partial charge is 0.489 e. The zero-order valence-electron chi connectivity index (χ0n) is 6.15. The zero-order valence-corrected chi connectivity index (χ0v) is 7.74. The van der Waals surface area contributed by atoms with E-state index >= 15 is 0 Å². The first-order valence-corrected chi connectivity index (χ1v) is 3.78. The highest BCUT2D eigenvalue weighted by Gasteiger charge is 2.14. The van der Waals surface area contributed by atoms with Gasteiger partial charge in [-0.1, -0.05) is 0 Å². The van der Waals surface area contributed by atoms with Gasteiger partial charge in [-0.05, 0) is 15.9 Å². The third-order valence-electron chi connectivity index (χ3n) is 1.23. The Labute approximate surface area is 76.7 Å². The quantitative estimate of drug-likeness (QED) is 0.443.